The zero-order valence-corrected chi connectivity index (χ0v) is 14.2. The van der Waals surface area contributed by atoms with Gasteiger partial charge in [0.05, 0.1) is 4.90 Å². The fourth-order valence-electron chi connectivity index (χ4n) is 2.59. The smallest absolute Gasteiger partial charge is 0.243 e. The average molecular weight is 324 g/mol. The van der Waals surface area contributed by atoms with Crippen LogP contribution in [-0.4, -0.2) is 31.7 Å². The summed E-state index contributed by atoms with van der Waals surface area (Å²) in [5.41, 5.74) is 0.642. The standard InChI is InChI=1S/C16H24N2O3S/c1-12(2)18(3)22(20,21)15-10-8-14(9-11-15)17-16(19)13-6-4-5-7-13/h8-13H,4-7H2,1-3H3,(H,17,19). The predicted octanol–water partition coefficient (Wildman–Crippen LogP) is 2.84. The van der Waals surface area contributed by atoms with Crippen molar-refractivity contribution in [2.75, 3.05) is 12.4 Å². The molecule has 1 saturated carbocycles. The van der Waals surface area contributed by atoms with Gasteiger partial charge in [-0.2, -0.15) is 4.31 Å². The normalized spacial score (nSPS) is 16.4. The number of carbonyl (C=O) groups is 1. The van der Waals surface area contributed by atoms with E-state index < -0.39 is 10.0 Å². The fraction of sp³-hybridized carbons (Fsp3) is 0.562. The van der Waals surface area contributed by atoms with Crippen molar-refractivity contribution in [3.8, 4) is 0 Å². The minimum atomic E-state index is -3.48. The molecule has 22 heavy (non-hydrogen) atoms. The van der Waals surface area contributed by atoms with E-state index in [2.05, 4.69) is 5.32 Å². The molecule has 1 aromatic rings. The van der Waals surface area contributed by atoms with Gasteiger partial charge in [0.25, 0.3) is 0 Å². The van der Waals surface area contributed by atoms with Gasteiger partial charge in [-0.3, -0.25) is 4.79 Å². The number of nitrogens with one attached hydrogen (secondary N) is 1. The molecule has 0 radical (unpaired) electrons. The Hall–Kier alpha value is -1.40. The van der Waals surface area contributed by atoms with Crippen LogP contribution in [0.1, 0.15) is 39.5 Å². The molecule has 2 rings (SSSR count). The van der Waals surface area contributed by atoms with E-state index in [0.717, 1.165) is 25.7 Å². The average Bonchev–Trinajstić information content (AvgIpc) is 3.01. The minimum absolute atomic E-state index is 0.0346. The maximum absolute atomic E-state index is 12.4. The molecule has 0 bridgehead atoms. The zero-order valence-electron chi connectivity index (χ0n) is 13.4. The summed E-state index contributed by atoms with van der Waals surface area (Å²) in [6.45, 7) is 3.65. The van der Waals surface area contributed by atoms with Gasteiger partial charge < -0.3 is 5.32 Å². The van der Waals surface area contributed by atoms with Crippen LogP contribution in [0.5, 0.6) is 0 Å². The van der Waals surface area contributed by atoms with Gasteiger partial charge >= 0.3 is 0 Å². The molecule has 0 unspecified atom stereocenters. The highest BCUT2D eigenvalue weighted by atomic mass is 32.2. The molecule has 5 nitrogen and oxygen atoms in total. The quantitative estimate of drug-likeness (QED) is 0.905. The second kappa shape index (κ2) is 6.79. The molecule has 0 saturated heterocycles. The van der Waals surface area contributed by atoms with Crippen molar-refractivity contribution in [2.24, 2.45) is 5.92 Å². The molecule has 6 heteroatoms. The molecule has 0 atom stereocenters. The summed E-state index contributed by atoms with van der Waals surface area (Å²) in [7, 11) is -1.91. The van der Waals surface area contributed by atoms with E-state index in [0.29, 0.717) is 5.69 Å². The van der Waals surface area contributed by atoms with Gasteiger partial charge in [0.1, 0.15) is 0 Å². The maximum Gasteiger partial charge on any atom is 0.243 e. The Morgan fingerprint density at radius 1 is 1.18 bits per heavy atom. The van der Waals surface area contributed by atoms with E-state index in [1.54, 1.807) is 31.3 Å². The predicted molar refractivity (Wildman–Crippen MR) is 87.1 cm³/mol. The maximum atomic E-state index is 12.4. The summed E-state index contributed by atoms with van der Waals surface area (Å²) in [4.78, 5) is 12.3. The van der Waals surface area contributed by atoms with Crippen LogP contribution >= 0.6 is 0 Å². The van der Waals surface area contributed by atoms with E-state index in [4.69, 9.17) is 0 Å². The number of nitrogens with zero attached hydrogens (tertiary/aromatic N) is 1. The number of carbonyl (C=O) groups excluding carboxylic acids is 1. The summed E-state index contributed by atoms with van der Waals surface area (Å²) < 4.78 is 26.0. The first kappa shape index (κ1) is 17.0. The molecule has 0 heterocycles. The molecule has 1 aliphatic rings. The highest BCUT2D eigenvalue weighted by Gasteiger charge is 2.24. The summed E-state index contributed by atoms with van der Waals surface area (Å²) >= 11 is 0. The summed E-state index contributed by atoms with van der Waals surface area (Å²) in [6.07, 6.45) is 4.10. The Labute approximate surface area is 132 Å². The van der Waals surface area contributed by atoms with E-state index in [1.165, 1.54) is 4.31 Å². The summed E-state index contributed by atoms with van der Waals surface area (Å²) in [5, 5.41) is 2.87. The third-order valence-corrected chi connectivity index (χ3v) is 6.30. The van der Waals surface area contributed by atoms with Crippen molar-refractivity contribution >= 4 is 21.6 Å². The molecule has 0 aliphatic heterocycles. The number of benzene rings is 1. The largest absolute Gasteiger partial charge is 0.326 e. The third kappa shape index (κ3) is 3.67. The highest BCUT2D eigenvalue weighted by Crippen LogP contribution is 2.26. The van der Waals surface area contributed by atoms with Gasteiger partial charge in [0.15, 0.2) is 0 Å². The van der Waals surface area contributed by atoms with Crippen molar-refractivity contribution in [3.05, 3.63) is 24.3 Å². The van der Waals surface area contributed by atoms with Crippen LogP contribution in [-0.2, 0) is 14.8 Å². The van der Waals surface area contributed by atoms with Gasteiger partial charge in [-0.25, -0.2) is 8.42 Å². The fourth-order valence-corrected chi connectivity index (χ4v) is 3.95. The number of anilines is 1. The SMILES string of the molecule is CC(C)N(C)S(=O)(=O)c1ccc(NC(=O)C2CCCC2)cc1. The topological polar surface area (TPSA) is 66.5 Å². The first-order chi connectivity index (χ1) is 10.3. The third-order valence-electron chi connectivity index (χ3n) is 4.25. The molecule has 1 fully saturated rings. The molecule has 1 aromatic carbocycles. The van der Waals surface area contributed by atoms with Crippen molar-refractivity contribution in [1.29, 1.82) is 0 Å². The van der Waals surface area contributed by atoms with Crippen LogP contribution in [0.4, 0.5) is 5.69 Å². The molecular weight excluding hydrogens is 300 g/mol. The minimum Gasteiger partial charge on any atom is -0.326 e. The number of sulfonamides is 1. The Bertz CT molecular complexity index is 617. The summed E-state index contributed by atoms with van der Waals surface area (Å²) in [5.74, 6) is 0.128. The van der Waals surface area contributed by atoms with Crippen LogP contribution in [0.3, 0.4) is 0 Å². The van der Waals surface area contributed by atoms with Crippen LogP contribution in [0.25, 0.3) is 0 Å². The Morgan fingerprint density at radius 3 is 2.23 bits per heavy atom. The second-order valence-electron chi connectivity index (χ2n) is 6.11. The van der Waals surface area contributed by atoms with Crippen LogP contribution in [0.15, 0.2) is 29.2 Å². The number of amides is 1. The monoisotopic (exact) mass is 324 g/mol. The number of rotatable bonds is 5. The van der Waals surface area contributed by atoms with Crippen molar-refractivity contribution in [2.45, 2.75) is 50.5 Å². The lowest BCUT2D eigenvalue weighted by Crippen LogP contribution is -2.33. The van der Waals surface area contributed by atoms with Gasteiger partial charge in [0, 0.05) is 24.7 Å². The van der Waals surface area contributed by atoms with E-state index >= 15 is 0 Å². The van der Waals surface area contributed by atoms with Gasteiger partial charge in [-0.05, 0) is 51.0 Å². The lowest BCUT2D eigenvalue weighted by atomic mass is 10.1. The lowest BCUT2D eigenvalue weighted by molar-refractivity contribution is -0.119. The van der Waals surface area contributed by atoms with Crippen molar-refractivity contribution in [1.82, 2.24) is 4.31 Å². The molecule has 1 N–H and O–H groups in total. The van der Waals surface area contributed by atoms with Crippen LogP contribution in [0, 0.1) is 5.92 Å². The zero-order chi connectivity index (χ0) is 16.3. The van der Waals surface area contributed by atoms with Gasteiger partial charge in [0.2, 0.25) is 15.9 Å². The van der Waals surface area contributed by atoms with Gasteiger partial charge in [-0.15, -0.1) is 0 Å². The Kier molecular flexibility index (Phi) is 5.24. The molecular formula is C16H24N2O3S. The van der Waals surface area contributed by atoms with Crippen LogP contribution in [0.2, 0.25) is 0 Å². The summed E-state index contributed by atoms with van der Waals surface area (Å²) in [6, 6.07) is 6.27. The second-order valence-corrected chi connectivity index (χ2v) is 8.11. The van der Waals surface area contributed by atoms with Crippen molar-refractivity contribution < 1.29 is 13.2 Å². The Balaban J connectivity index is 2.08. The molecule has 1 aliphatic carbocycles. The van der Waals surface area contributed by atoms with E-state index in [1.807, 2.05) is 13.8 Å². The number of hydrogen-bond donors (Lipinski definition) is 1. The number of hydrogen-bond acceptors (Lipinski definition) is 3. The molecule has 0 spiro atoms. The van der Waals surface area contributed by atoms with E-state index in [9.17, 15) is 13.2 Å². The van der Waals surface area contributed by atoms with Gasteiger partial charge in [-0.1, -0.05) is 12.8 Å². The lowest BCUT2D eigenvalue weighted by Gasteiger charge is -2.21. The van der Waals surface area contributed by atoms with E-state index in [-0.39, 0.29) is 22.8 Å². The molecule has 1 amide bonds. The van der Waals surface area contributed by atoms with Crippen molar-refractivity contribution in [3.63, 3.8) is 0 Å². The highest BCUT2D eigenvalue weighted by molar-refractivity contribution is 7.89. The first-order valence-corrected chi connectivity index (χ1v) is 9.15. The van der Waals surface area contributed by atoms with Crippen LogP contribution < -0.4 is 5.32 Å². The molecule has 0 aromatic heterocycles. The first-order valence-electron chi connectivity index (χ1n) is 7.71. The Morgan fingerprint density at radius 2 is 1.73 bits per heavy atom. The molecule has 122 valence electrons.